The number of anilines is 1. The van der Waals surface area contributed by atoms with E-state index < -0.39 is 12.1 Å². The Labute approximate surface area is 134 Å². The van der Waals surface area contributed by atoms with Crippen molar-refractivity contribution in [2.45, 2.75) is 38.7 Å². The average molecular weight is 316 g/mol. The van der Waals surface area contributed by atoms with Gasteiger partial charge in [0.15, 0.2) is 6.10 Å². The van der Waals surface area contributed by atoms with Gasteiger partial charge >= 0.3 is 5.97 Å². The van der Waals surface area contributed by atoms with Crippen molar-refractivity contribution >= 4 is 23.5 Å². The van der Waals surface area contributed by atoms with Crippen molar-refractivity contribution in [3.63, 3.8) is 0 Å². The monoisotopic (exact) mass is 316 g/mol. The molecular weight excluding hydrogens is 296 g/mol. The third kappa shape index (κ3) is 3.36. The van der Waals surface area contributed by atoms with Gasteiger partial charge in [0, 0.05) is 25.2 Å². The second kappa shape index (κ2) is 6.40. The molecule has 0 aromatic heterocycles. The molecule has 23 heavy (non-hydrogen) atoms. The maximum absolute atomic E-state index is 12.2. The van der Waals surface area contributed by atoms with Crippen LogP contribution >= 0.6 is 0 Å². The number of nitrogens with one attached hydrogen (secondary N) is 1. The highest BCUT2D eigenvalue weighted by Crippen LogP contribution is 2.24. The SMILES string of the molecule is C[C@H](OC(=O)c1ccc2c(c1)CCC(=O)N2)C(=O)N1CCCC1. The van der Waals surface area contributed by atoms with Crippen LogP contribution in [0, 0.1) is 0 Å². The first-order chi connectivity index (χ1) is 11.0. The summed E-state index contributed by atoms with van der Waals surface area (Å²) >= 11 is 0. The Morgan fingerprint density at radius 3 is 2.70 bits per heavy atom. The van der Waals surface area contributed by atoms with E-state index in [1.165, 1.54) is 0 Å². The first kappa shape index (κ1) is 15.5. The van der Waals surface area contributed by atoms with Gasteiger partial charge in [0.05, 0.1) is 5.56 Å². The number of carbonyl (C=O) groups is 3. The summed E-state index contributed by atoms with van der Waals surface area (Å²) in [6, 6.07) is 5.04. The molecule has 2 aliphatic heterocycles. The molecule has 2 aliphatic rings. The predicted octanol–water partition coefficient (Wildman–Crippen LogP) is 1.74. The molecule has 2 amide bonds. The van der Waals surface area contributed by atoms with Gasteiger partial charge in [0.1, 0.15) is 0 Å². The minimum atomic E-state index is -0.781. The number of fused-ring (bicyclic) bond motifs is 1. The van der Waals surface area contributed by atoms with Crippen molar-refractivity contribution in [1.29, 1.82) is 0 Å². The number of nitrogens with zero attached hydrogens (tertiary/aromatic N) is 1. The first-order valence-corrected chi connectivity index (χ1v) is 7.97. The topological polar surface area (TPSA) is 75.7 Å². The fourth-order valence-electron chi connectivity index (χ4n) is 2.98. The van der Waals surface area contributed by atoms with Gasteiger partial charge in [-0.1, -0.05) is 0 Å². The number of hydrogen-bond acceptors (Lipinski definition) is 4. The number of hydrogen-bond donors (Lipinski definition) is 1. The van der Waals surface area contributed by atoms with Gasteiger partial charge in [-0.2, -0.15) is 0 Å². The Morgan fingerprint density at radius 2 is 1.96 bits per heavy atom. The lowest BCUT2D eigenvalue weighted by Gasteiger charge is -2.21. The van der Waals surface area contributed by atoms with Crippen LogP contribution < -0.4 is 5.32 Å². The van der Waals surface area contributed by atoms with E-state index in [0.29, 0.717) is 18.4 Å². The zero-order valence-electron chi connectivity index (χ0n) is 13.1. The van der Waals surface area contributed by atoms with Crippen LogP contribution in [0.5, 0.6) is 0 Å². The quantitative estimate of drug-likeness (QED) is 0.862. The zero-order valence-corrected chi connectivity index (χ0v) is 13.1. The van der Waals surface area contributed by atoms with Crippen molar-refractivity contribution < 1.29 is 19.1 Å². The van der Waals surface area contributed by atoms with Crippen LogP contribution in [0.1, 0.15) is 42.1 Å². The molecule has 6 nitrogen and oxygen atoms in total. The molecule has 1 N–H and O–H groups in total. The third-order valence-corrected chi connectivity index (χ3v) is 4.29. The smallest absolute Gasteiger partial charge is 0.338 e. The molecule has 1 fully saturated rings. The Kier molecular flexibility index (Phi) is 4.32. The molecule has 6 heteroatoms. The van der Waals surface area contributed by atoms with Gasteiger partial charge < -0.3 is 15.0 Å². The maximum atomic E-state index is 12.2. The molecule has 0 saturated carbocycles. The third-order valence-electron chi connectivity index (χ3n) is 4.29. The standard InChI is InChI=1S/C17H20N2O4/c1-11(16(21)19-8-2-3-9-19)23-17(22)13-4-6-14-12(10-13)5-7-15(20)18-14/h4,6,10-11H,2-3,5,7-9H2,1H3,(H,18,20)/t11-/m0/s1. The Morgan fingerprint density at radius 1 is 1.22 bits per heavy atom. The second-order valence-electron chi connectivity index (χ2n) is 6.00. The van der Waals surface area contributed by atoms with Gasteiger partial charge in [0.2, 0.25) is 5.91 Å². The van der Waals surface area contributed by atoms with Gasteiger partial charge in [-0.05, 0) is 49.9 Å². The molecule has 0 unspecified atom stereocenters. The number of ether oxygens (including phenoxy) is 1. The van der Waals surface area contributed by atoms with E-state index in [4.69, 9.17) is 4.74 Å². The largest absolute Gasteiger partial charge is 0.449 e. The summed E-state index contributed by atoms with van der Waals surface area (Å²) in [6.45, 7) is 3.08. The van der Waals surface area contributed by atoms with Crippen LogP contribution in [-0.4, -0.2) is 41.9 Å². The normalized spacial score (nSPS) is 18.1. The highest BCUT2D eigenvalue weighted by Gasteiger charge is 2.26. The van der Waals surface area contributed by atoms with Gasteiger partial charge in [-0.15, -0.1) is 0 Å². The molecule has 1 atom stereocenters. The Balaban J connectivity index is 1.66. The van der Waals surface area contributed by atoms with Crippen LogP contribution in [0.15, 0.2) is 18.2 Å². The summed E-state index contributed by atoms with van der Waals surface area (Å²) in [5.74, 6) is -0.663. The molecule has 0 bridgehead atoms. The van der Waals surface area contributed by atoms with Crippen LogP contribution in [0.2, 0.25) is 0 Å². The van der Waals surface area contributed by atoms with Crippen LogP contribution in [0.25, 0.3) is 0 Å². The average Bonchev–Trinajstić information content (AvgIpc) is 3.07. The molecule has 1 aromatic carbocycles. The minimum Gasteiger partial charge on any atom is -0.449 e. The molecule has 0 aliphatic carbocycles. The minimum absolute atomic E-state index is 0.0161. The lowest BCUT2D eigenvalue weighted by Crippen LogP contribution is -2.38. The second-order valence-corrected chi connectivity index (χ2v) is 6.00. The number of carbonyl (C=O) groups excluding carboxylic acids is 3. The number of rotatable bonds is 3. The molecule has 2 heterocycles. The van der Waals surface area contributed by atoms with E-state index >= 15 is 0 Å². The molecule has 1 aromatic rings. The van der Waals surface area contributed by atoms with Crippen molar-refractivity contribution in [2.24, 2.45) is 0 Å². The van der Waals surface area contributed by atoms with E-state index in [1.807, 2.05) is 0 Å². The van der Waals surface area contributed by atoms with E-state index in [9.17, 15) is 14.4 Å². The number of esters is 1. The van der Waals surface area contributed by atoms with Gasteiger partial charge in [0.25, 0.3) is 5.91 Å². The summed E-state index contributed by atoms with van der Waals surface area (Å²) in [6.07, 6.45) is 2.24. The van der Waals surface area contributed by atoms with Crippen molar-refractivity contribution in [1.82, 2.24) is 4.90 Å². The van der Waals surface area contributed by atoms with Gasteiger partial charge in [-0.3, -0.25) is 9.59 Å². The lowest BCUT2D eigenvalue weighted by molar-refractivity contribution is -0.138. The number of amides is 2. The summed E-state index contributed by atoms with van der Waals surface area (Å²) in [7, 11) is 0. The Bertz CT molecular complexity index is 650. The van der Waals surface area contributed by atoms with Crippen LogP contribution in [0.3, 0.4) is 0 Å². The maximum Gasteiger partial charge on any atom is 0.338 e. The summed E-state index contributed by atoms with van der Waals surface area (Å²) in [4.78, 5) is 37.5. The van der Waals surface area contributed by atoms with Crippen molar-refractivity contribution in [3.05, 3.63) is 29.3 Å². The van der Waals surface area contributed by atoms with Crippen LogP contribution in [-0.2, 0) is 20.7 Å². The van der Waals surface area contributed by atoms with Crippen molar-refractivity contribution in [2.75, 3.05) is 18.4 Å². The van der Waals surface area contributed by atoms with Crippen LogP contribution in [0.4, 0.5) is 5.69 Å². The number of aryl methyl sites for hydroxylation is 1. The van der Waals surface area contributed by atoms with E-state index in [-0.39, 0.29) is 11.8 Å². The molecule has 3 rings (SSSR count). The zero-order chi connectivity index (χ0) is 16.4. The first-order valence-electron chi connectivity index (χ1n) is 7.97. The molecular formula is C17H20N2O4. The van der Waals surface area contributed by atoms with E-state index in [1.54, 1.807) is 30.0 Å². The molecule has 0 spiro atoms. The Hall–Kier alpha value is -2.37. The highest BCUT2D eigenvalue weighted by atomic mass is 16.5. The predicted molar refractivity (Wildman–Crippen MR) is 84.1 cm³/mol. The summed E-state index contributed by atoms with van der Waals surface area (Å²) in [5.41, 5.74) is 2.05. The highest BCUT2D eigenvalue weighted by molar-refractivity contribution is 5.96. The fraction of sp³-hybridized carbons (Fsp3) is 0.471. The summed E-state index contributed by atoms with van der Waals surface area (Å²) < 4.78 is 5.31. The fourth-order valence-corrected chi connectivity index (χ4v) is 2.98. The molecule has 122 valence electrons. The number of benzene rings is 1. The van der Waals surface area contributed by atoms with Gasteiger partial charge in [-0.25, -0.2) is 4.79 Å². The number of likely N-dealkylation sites (tertiary alicyclic amines) is 1. The molecule has 1 saturated heterocycles. The van der Waals surface area contributed by atoms with E-state index in [2.05, 4.69) is 5.32 Å². The lowest BCUT2D eigenvalue weighted by atomic mass is 10.0. The molecule has 0 radical (unpaired) electrons. The van der Waals surface area contributed by atoms with E-state index in [0.717, 1.165) is 37.2 Å². The summed E-state index contributed by atoms with van der Waals surface area (Å²) in [5, 5.41) is 2.77. The van der Waals surface area contributed by atoms with Crippen molar-refractivity contribution in [3.8, 4) is 0 Å².